The maximum atomic E-state index is 13.7. The van der Waals surface area contributed by atoms with Crippen molar-refractivity contribution in [2.45, 2.75) is 57.9 Å². The Hall–Kier alpha value is -2.13. The fourth-order valence-corrected chi connectivity index (χ4v) is 2.95. The molecule has 0 aromatic heterocycles. The van der Waals surface area contributed by atoms with Crippen molar-refractivity contribution in [1.82, 2.24) is 10.6 Å². The van der Waals surface area contributed by atoms with Crippen LogP contribution in [0.15, 0.2) is 18.2 Å². The first-order chi connectivity index (χ1) is 10.6. The SMILES string of the molecule is CC1(C)CC(NC(=O)NCc2cc(C#N)ccc2F)C(C)(C)O1. The first-order valence-electron chi connectivity index (χ1n) is 7.56. The number of nitrogens with zero attached hydrogens (tertiary/aromatic N) is 1. The Bertz CT molecular complexity index is 650. The van der Waals surface area contributed by atoms with E-state index in [1.54, 1.807) is 0 Å². The zero-order valence-corrected chi connectivity index (χ0v) is 13.9. The van der Waals surface area contributed by atoms with Crippen LogP contribution in [0, 0.1) is 17.1 Å². The van der Waals surface area contributed by atoms with Crippen LogP contribution in [0.1, 0.15) is 45.2 Å². The van der Waals surface area contributed by atoms with Crippen molar-refractivity contribution in [2.75, 3.05) is 0 Å². The third-order valence-corrected chi connectivity index (χ3v) is 3.99. The highest BCUT2D eigenvalue weighted by molar-refractivity contribution is 5.74. The quantitative estimate of drug-likeness (QED) is 0.899. The molecular weight excluding hydrogens is 297 g/mol. The molecule has 5 nitrogen and oxygen atoms in total. The van der Waals surface area contributed by atoms with E-state index in [9.17, 15) is 9.18 Å². The second-order valence-corrected chi connectivity index (χ2v) is 6.97. The number of ether oxygens (including phenoxy) is 1. The molecule has 0 spiro atoms. The summed E-state index contributed by atoms with van der Waals surface area (Å²) in [5.74, 6) is -0.449. The maximum absolute atomic E-state index is 13.7. The average molecular weight is 319 g/mol. The summed E-state index contributed by atoms with van der Waals surface area (Å²) in [6.07, 6.45) is 0.700. The molecule has 1 aliphatic heterocycles. The van der Waals surface area contributed by atoms with Crippen molar-refractivity contribution in [3.8, 4) is 6.07 Å². The number of rotatable bonds is 3. The number of carbonyl (C=O) groups excluding carboxylic acids is 1. The molecule has 0 bridgehead atoms. The molecule has 1 heterocycles. The van der Waals surface area contributed by atoms with Gasteiger partial charge in [0.2, 0.25) is 0 Å². The Labute approximate surface area is 135 Å². The van der Waals surface area contributed by atoms with Crippen LogP contribution in [0.5, 0.6) is 0 Å². The van der Waals surface area contributed by atoms with Crippen LogP contribution in [0.3, 0.4) is 0 Å². The lowest BCUT2D eigenvalue weighted by molar-refractivity contribution is -0.0690. The van der Waals surface area contributed by atoms with Gasteiger partial charge >= 0.3 is 6.03 Å². The normalized spacial score (nSPS) is 21.5. The van der Waals surface area contributed by atoms with Crippen LogP contribution in [-0.4, -0.2) is 23.3 Å². The van der Waals surface area contributed by atoms with Gasteiger partial charge in [0.25, 0.3) is 0 Å². The van der Waals surface area contributed by atoms with E-state index in [2.05, 4.69) is 10.6 Å². The van der Waals surface area contributed by atoms with E-state index in [0.29, 0.717) is 12.0 Å². The van der Waals surface area contributed by atoms with Gasteiger partial charge in [-0.3, -0.25) is 0 Å². The summed E-state index contributed by atoms with van der Waals surface area (Å²) in [7, 11) is 0. The van der Waals surface area contributed by atoms with E-state index in [-0.39, 0.29) is 29.8 Å². The second-order valence-electron chi connectivity index (χ2n) is 6.97. The molecule has 2 rings (SSSR count). The van der Waals surface area contributed by atoms with Crippen LogP contribution >= 0.6 is 0 Å². The van der Waals surface area contributed by atoms with Crippen molar-refractivity contribution in [2.24, 2.45) is 0 Å². The lowest BCUT2D eigenvalue weighted by atomic mass is 9.95. The first-order valence-corrected chi connectivity index (χ1v) is 7.56. The second kappa shape index (κ2) is 6.17. The summed E-state index contributed by atoms with van der Waals surface area (Å²) in [6, 6.07) is 5.49. The monoisotopic (exact) mass is 319 g/mol. The predicted octanol–water partition coefficient (Wildman–Crippen LogP) is 2.84. The highest BCUT2D eigenvalue weighted by Gasteiger charge is 2.46. The van der Waals surface area contributed by atoms with Crippen molar-refractivity contribution >= 4 is 6.03 Å². The molecule has 1 fully saturated rings. The Morgan fingerprint density at radius 2 is 2.13 bits per heavy atom. The van der Waals surface area contributed by atoms with Crippen LogP contribution in [0.25, 0.3) is 0 Å². The molecule has 0 aliphatic carbocycles. The number of nitriles is 1. The van der Waals surface area contributed by atoms with Gasteiger partial charge in [-0.15, -0.1) is 0 Å². The first kappa shape index (κ1) is 17.2. The van der Waals surface area contributed by atoms with Gasteiger partial charge in [-0.1, -0.05) is 0 Å². The number of hydrogen-bond acceptors (Lipinski definition) is 3. The molecule has 6 heteroatoms. The number of amides is 2. The van der Waals surface area contributed by atoms with E-state index in [0.717, 1.165) is 0 Å². The van der Waals surface area contributed by atoms with Crippen molar-refractivity contribution in [3.05, 3.63) is 35.1 Å². The van der Waals surface area contributed by atoms with Gasteiger partial charge in [-0.05, 0) is 52.3 Å². The summed E-state index contributed by atoms with van der Waals surface area (Å²) in [6.45, 7) is 7.85. The largest absolute Gasteiger partial charge is 0.367 e. The maximum Gasteiger partial charge on any atom is 0.315 e. The summed E-state index contributed by atoms with van der Waals surface area (Å²) in [4.78, 5) is 12.1. The third-order valence-electron chi connectivity index (χ3n) is 3.99. The van der Waals surface area contributed by atoms with Gasteiger partial charge < -0.3 is 15.4 Å². The number of urea groups is 1. The zero-order valence-electron chi connectivity index (χ0n) is 13.9. The Morgan fingerprint density at radius 1 is 1.43 bits per heavy atom. The van der Waals surface area contributed by atoms with E-state index in [1.165, 1.54) is 18.2 Å². The number of benzene rings is 1. The van der Waals surface area contributed by atoms with Crippen LogP contribution < -0.4 is 10.6 Å². The molecule has 0 saturated carbocycles. The number of hydrogen-bond donors (Lipinski definition) is 2. The number of halogens is 1. The Morgan fingerprint density at radius 3 is 2.70 bits per heavy atom. The zero-order chi connectivity index (χ0) is 17.3. The average Bonchev–Trinajstić information content (AvgIpc) is 2.65. The fourth-order valence-electron chi connectivity index (χ4n) is 2.95. The van der Waals surface area contributed by atoms with Gasteiger partial charge in [-0.2, -0.15) is 5.26 Å². The number of nitrogens with one attached hydrogen (secondary N) is 2. The lowest BCUT2D eigenvalue weighted by Gasteiger charge is -2.27. The van der Waals surface area contributed by atoms with Gasteiger partial charge in [-0.25, -0.2) is 9.18 Å². The molecule has 0 radical (unpaired) electrons. The Balaban J connectivity index is 1.95. The van der Waals surface area contributed by atoms with E-state index in [1.807, 2.05) is 33.8 Å². The predicted molar refractivity (Wildman–Crippen MR) is 84.1 cm³/mol. The molecule has 1 unspecified atom stereocenters. The molecule has 1 aromatic carbocycles. The summed E-state index contributed by atoms with van der Waals surface area (Å²) >= 11 is 0. The molecule has 23 heavy (non-hydrogen) atoms. The molecule has 1 aromatic rings. The molecular formula is C17H22FN3O2. The topological polar surface area (TPSA) is 74.2 Å². The van der Waals surface area contributed by atoms with Crippen molar-refractivity contribution < 1.29 is 13.9 Å². The van der Waals surface area contributed by atoms with E-state index < -0.39 is 11.4 Å². The highest BCUT2D eigenvalue weighted by Crippen LogP contribution is 2.37. The van der Waals surface area contributed by atoms with Gasteiger partial charge in [0.05, 0.1) is 28.9 Å². The summed E-state index contributed by atoms with van der Waals surface area (Å²) in [5, 5.41) is 14.3. The van der Waals surface area contributed by atoms with Crippen LogP contribution in [0.2, 0.25) is 0 Å². The lowest BCUT2D eigenvalue weighted by Crippen LogP contribution is -2.49. The minimum absolute atomic E-state index is 0.0184. The highest BCUT2D eigenvalue weighted by atomic mass is 19.1. The van der Waals surface area contributed by atoms with Crippen molar-refractivity contribution in [1.29, 1.82) is 5.26 Å². The minimum atomic E-state index is -0.465. The van der Waals surface area contributed by atoms with Crippen LogP contribution in [-0.2, 0) is 11.3 Å². The molecule has 2 N–H and O–H groups in total. The van der Waals surface area contributed by atoms with Gasteiger partial charge in [0, 0.05) is 12.1 Å². The van der Waals surface area contributed by atoms with Gasteiger partial charge in [0.1, 0.15) is 5.82 Å². The van der Waals surface area contributed by atoms with Gasteiger partial charge in [0.15, 0.2) is 0 Å². The standard InChI is InChI=1S/C17H22FN3O2/c1-16(2)8-14(17(3,4)23-16)21-15(22)20-10-12-7-11(9-19)5-6-13(12)18/h5-7,14H,8,10H2,1-4H3,(H2,20,21,22). The minimum Gasteiger partial charge on any atom is -0.367 e. The number of carbonyl (C=O) groups is 1. The fraction of sp³-hybridized carbons (Fsp3) is 0.529. The van der Waals surface area contributed by atoms with E-state index >= 15 is 0 Å². The van der Waals surface area contributed by atoms with E-state index in [4.69, 9.17) is 10.00 Å². The molecule has 124 valence electrons. The van der Waals surface area contributed by atoms with Crippen molar-refractivity contribution in [3.63, 3.8) is 0 Å². The molecule has 1 saturated heterocycles. The third kappa shape index (κ3) is 4.20. The summed E-state index contributed by atoms with van der Waals surface area (Å²) < 4.78 is 19.6. The van der Waals surface area contributed by atoms with Crippen LogP contribution in [0.4, 0.5) is 9.18 Å². The smallest absolute Gasteiger partial charge is 0.315 e. The summed E-state index contributed by atoms with van der Waals surface area (Å²) in [5.41, 5.74) is -0.126. The molecule has 2 amide bonds. The molecule has 1 atom stereocenters. The Kier molecular flexibility index (Phi) is 4.62. The molecule has 1 aliphatic rings.